The summed E-state index contributed by atoms with van der Waals surface area (Å²) in [6.07, 6.45) is 0.988. The summed E-state index contributed by atoms with van der Waals surface area (Å²) in [5.74, 6) is 1.46. The Labute approximate surface area is 155 Å². The van der Waals surface area contributed by atoms with Crippen molar-refractivity contribution in [2.45, 2.75) is 19.9 Å². The van der Waals surface area contributed by atoms with E-state index in [0.717, 1.165) is 24.3 Å². The number of carbonyl (C=O) groups excluding carboxylic acids is 1. The van der Waals surface area contributed by atoms with Gasteiger partial charge >= 0.3 is 0 Å². The third-order valence-corrected chi connectivity index (χ3v) is 3.00. The summed E-state index contributed by atoms with van der Waals surface area (Å²) >= 11 is 0. The van der Waals surface area contributed by atoms with Crippen molar-refractivity contribution in [3.05, 3.63) is 29.8 Å². The molecule has 0 saturated carbocycles. The van der Waals surface area contributed by atoms with Gasteiger partial charge in [0.15, 0.2) is 5.96 Å². The molecule has 0 aromatic heterocycles. The van der Waals surface area contributed by atoms with Gasteiger partial charge in [0.1, 0.15) is 5.75 Å². The summed E-state index contributed by atoms with van der Waals surface area (Å²) in [7, 11) is 5.11. The number of likely N-dealkylation sites (N-methyl/N-ethyl adjacent to an activating group) is 1. The van der Waals surface area contributed by atoms with E-state index in [4.69, 9.17) is 4.74 Å². The molecule has 1 rings (SSSR count). The van der Waals surface area contributed by atoms with Crippen LogP contribution in [0.1, 0.15) is 18.9 Å². The Hall–Kier alpha value is -1.51. The summed E-state index contributed by atoms with van der Waals surface area (Å²) in [5.41, 5.74) is 1.05. The van der Waals surface area contributed by atoms with E-state index in [2.05, 4.69) is 22.5 Å². The number of nitrogens with zero attached hydrogens (tertiary/aromatic N) is 2. The lowest BCUT2D eigenvalue weighted by Gasteiger charge is -2.14. The zero-order chi connectivity index (χ0) is 16.4. The topological polar surface area (TPSA) is 66.0 Å². The number of benzene rings is 1. The Morgan fingerprint density at radius 2 is 2.04 bits per heavy atom. The molecule has 0 unspecified atom stereocenters. The van der Waals surface area contributed by atoms with Gasteiger partial charge in [-0.2, -0.15) is 0 Å². The molecule has 130 valence electrons. The first-order chi connectivity index (χ1) is 10.6. The Balaban J connectivity index is 0.00000484. The fourth-order valence-electron chi connectivity index (χ4n) is 1.68. The number of amides is 1. The van der Waals surface area contributed by atoms with E-state index >= 15 is 0 Å². The second kappa shape index (κ2) is 12.0. The van der Waals surface area contributed by atoms with Gasteiger partial charge in [0.25, 0.3) is 0 Å². The van der Waals surface area contributed by atoms with Crippen molar-refractivity contribution >= 4 is 35.8 Å². The second-order valence-electron chi connectivity index (χ2n) is 5.08. The Morgan fingerprint density at radius 1 is 1.30 bits per heavy atom. The lowest BCUT2D eigenvalue weighted by atomic mass is 10.2. The first-order valence-electron chi connectivity index (χ1n) is 7.42. The number of nitrogens with one attached hydrogen (secondary N) is 2. The Morgan fingerprint density at radius 3 is 2.65 bits per heavy atom. The van der Waals surface area contributed by atoms with E-state index in [0.29, 0.717) is 12.5 Å². The first kappa shape index (κ1) is 21.5. The van der Waals surface area contributed by atoms with Crippen LogP contribution in [-0.4, -0.2) is 51.1 Å². The van der Waals surface area contributed by atoms with Gasteiger partial charge in [-0.25, -0.2) is 4.99 Å². The molecule has 7 heteroatoms. The smallest absolute Gasteiger partial charge is 0.241 e. The van der Waals surface area contributed by atoms with Gasteiger partial charge < -0.3 is 20.3 Å². The van der Waals surface area contributed by atoms with E-state index in [9.17, 15) is 4.79 Å². The highest BCUT2D eigenvalue weighted by atomic mass is 127. The standard InChI is InChI=1S/C16H26N4O2.HI/c1-5-9-17-16(19-12-15(21)20(2)3)18-11-13-7-6-8-14(10-13)22-4;/h6-8,10H,5,9,11-12H2,1-4H3,(H2,17,18,19);1H. The van der Waals surface area contributed by atoms with Gasteiger partial charge in [-0.05, 0) is 24.1 Å². The van der Waals surface area contributed by atoms with Gasteiger partial charge in [0.2, 0.25) is 5.91 Å². The number of aliphatic imine (C=N–C) groups is 1. The molecule has 2 N–H and O–H groups in total. The van der Waals surface area contributed by atoms with Gasteiger partial charge in [0, 0.05) is 20.6 Å². The van der Waals surface area contributed by atoms with E-state index < -0.39 is 0 Å². The van der Waals surface area contributed by atoms with E-state index in [1.54, 1.807) is 26.1 Å². The van der Waals surface area contributed by atoms with Gasteiger partial charge in [-0.15, -0.1) is 24.0 Å². The lowest BCUT2D eigenvalue weighted by molar-refractivity contribution is -0.127. The van der Waals surface area contributed by atoms with Crippen LogP contribution in [0.4, 0.5) is 0 Å². The molecule has 1 aromatic rings. The van der Waals surface area contributed by atoms with Crippen LogP contribution < -0.4 is 15.4 Å². The molecule has 0 heterocycles. The monoisotopic (exact) mass is 434 g/mol. The van der Waals surface area contributed by atoms with Crippen molar-refractivity contribution in [1.82, 2.24) is 15.5 Å². The van der Waals surface area contributed by atoms with E-state index in [1.165, 1.54) is 0 Å². The Bertz CT molecular complexity index is 507. The fourth-order valence-corrected chi connectivity index (χ4v) is 1.68. The van der Waals surface area contributed by atoms with Crippen molar-refractivity contribution in [2.24, 2.45) is 4.99 Å². The summed E-state index contributed by atoms with van der Waals surface area (Å²) in [6, 6.07) is 7.78. The number of carbonyl (C=O) groups is 1. The van der Waals surface area contributed by atoms with Crippen LogP contribution in [0.15, 0.2) is 29.3 Å². The molecule has 0 aliphatic rings. The number of hydrogen-bond donors (Lipinski definition) is 2. The number of methoxy groups -OCH3 is 1. The zero-order valence-corrected chi connectivity index (χ0v) is 16.6. The molecule has 6 nitrogen and oxygen atoms in total. The minimum atomic E-state index is 0. The minimum Gasteiger partial charge on any atom is -0.497 e. The van der Waals surface area contributed by atoms with Crippen molar-refractivity contribution < 1.29 is 9.53 Å². The molecule has 0 aliphatic carbocycles. The normalized spacial score (nSPS) is 10.5. The molecule has 23 heavy (non-hydrogen) atoms. The molecule has 1 aromatic carbocycles. The highest BCUT2D eigenvalue weighted by molar-refractivity contribution is 14.0. The van der Waals surface area contributed by atoms with Crippen molar-refractivity contribution in [3.63, 3.8) is 0 Å². The molecule has 0 atom stereocenters. The summed E-state index contributed by atoms with van der Waals surface area (Å²) in [5, 5.41) is 6.25. The summed E-state index contributed by atoms with van der Waals surface area (Å²) in [6.45, 7) is 3.63. The zero-order valence-electron chi connectivity index (χ0n) is 14.3. The summed E-state index contributed by atoms with van der Waals surface area (Å²) < 4.78 is 5.20. The molecule has 0 bridgehead atoms. The first-order valence-corrected chi connectivity index (χ1v) is 7.42. The molecular weight excluding hydrogens is 407 g/mol. The largest absolute Gasteiger partial charge is 0.497 e. The maximum atomic E-state index is 11.6. The van der Waals surface area contributed by atoms with Gasteiger partial charge in [0.05, 0.1) is 20.2 Å². The van der Waals surface area contributed by atoms with Gasteiger partial charge in [-0.1, -0.05) is 19.1 Å². The third-order valence-electron chi connectivity index (χ3n) is 3.00. The number of ether oxygens (including phenoxy) is 1. The second-order valence-corrected chi connectivity index (χ2v) is 5.08. The van der Waals surface area contributed by atoms with Gasteiger partial charge in [-0.3, -0.25) is 4.79 Å². The van der Waals surface area contributed by atoms with Crippen molar-refractivity contribution in [2.75, 3.05) is 34.3 Å². The SMILES string of the molecule is CCCNC(=NCc1cccc(OC)c1)NCC(=O)N(C)C.I. The molecule has 0 radical (unpaired) electrons. The van der Waals surface area contributed by atoms with Crippen LogP contribution in [0.2, 0.25) is 0 Å². The van der Waals surface area contributed by atoms with Crippen molar-refractivity contribution in [3.8, 4) is 5.75 Å². The third kappa shape index (κ3) is 8.63. The maximum Gasteiger partial charge on any atom is 0.241 e. The average Bonchev–Trinajstić information content (AvgIpc) is 2.53. The molecule has 0 aliphatic heterocycles. The van der Waals surface area contributed by atoms with Crippen LogP contribution >= 0.6 is 24.0 Å². The average molecular weight is 434 g/mol. The van der Waals surface area contributed by atoms with Crippen LogP contribution in [0.25, 0.3) is 0 Å². The summed E-state index contributed by atoms with van der Waals surface area (Å²) in [4.78, 5) is 17.7. The minimum absolute atomic E-state index is 0. The highest BCUT2D eigenvalue weighted by Crippen LogP contribution is 2.13. The molecule has 0 spiro atoms. The van der Waals surface area contributed by atoms with Crippen LogP contribution in [-0.2, 0) is 11.3 Å². The lowest BCUT2D eigenvalue weighted by Crippen LogP contribution is -2.43. The van der Waals surface area contributed by atoms with Crippen molar-refractivity contribution in [1.29, 1.82) is 0 Å². The molecule has 0 fully saturated rings. The number of halogens is 1. The maximum absolute atomic E-state index is 11.6. The van der Waals surface area contributed by atoms with Crippen LogP contribution in [0.3, 0.4) is 0 Å². The molecular formula is C16H27IN4O2. The predicted molar refractivity (Wildman–Crippen MR) is 105 cm³/mol. The number of hydrogen-bond acceptors (Lipinski definition) is 3. The fraction of sp³-hybridized carbons (Fsp3) is 0.500. The van der Waals surface area contributed by atoms with E-state index in [1.807, 2.05) is 24.3 Å². The molecule has 0 saturated heterocycles. The molecule has 1 amide bonds. The predicted octanol–water partition coefficient (Wildman–Crippen LogP) is 1.85. The van der Waals surface area contributed by atoms with Crippen LogP contribution in [0, 0.1) is 0 Å². The number of guanidine groups is 1. The quantitative estimate of drug-likeness (QED) is 0.391. The Kier molecular flexibility index (Phi) is 11.2. The highest BCUT2D eigenvalue weighted by Gasteiger charge is 2.05. The van der Waals surface area contributed by atoms with Crippen LogP contribution in [0.5, 0.6) is 5.75 Å². The van der Waals surface area contributed by atoms with E-state index in [-0.39, 0.29) is 36.4 Å². The number of rotatable bonds is 7.